The van der Waals surface area contributed by atoms with E-state index in [2.05, 4.69) is 10.2 Å². The zero-order valence-electron chi connectivity index (χ0n) is 7.95. The second kappa shape index (κ2) is 3.67. The van der Waals surface area contributed by atoms with Crippen LogP contribution in [0.4, 0.5) is 0 Å². The molecule has 0 aliphatic rings. The second-order valence-corrected chi connectivity index (χ2v) is 3.05. The summed E-state index contributed by atoms with van der Waals surface area (Å²) in [5.41, 5.74) is 3.50. The summed E-state index contributed by atoms with van der Waals surface area (Å²) >= 11 is 0. The highest BCUT2D eigenvalue weighted by molar-refractivity contribution is 5.62. The molecule has 0 aliphatic heterocycles. The highest BCUT2D eigenvalue weighted by atomic mass is 16.3. The predicted octanol–water partition coefficient (Wildman–Crippen LogP) is 1.72. The van der Waals surface area contributed by atoms with Gasteiger partial charge in [0.2, 0.25) is 0 Å². The molecule has 2 N–H and O–H groups in total. The normalized spacial score (nSPS) is 10.7. The van der Waals surface area contributed by atoms with Gasteiger partial charge in [-0.25, -0.2) is 0 Å². The minimum atomic E-state index is 0.000185. The topological polar surface area (TPSA) is 62.0 Å². The first-order valence-corrected chi connectivity index (χ1v) is 4.56. The van der Waals surface area contributed by atoms with Crippen LogP contribution in [-0.4, -0.2) is 15.3 Å². The average Bonchev–Trinajstić information content (AvgIpc) is 2.85. The molecule has 0 aromatic carbocycles. The van der Waals surface area contributed by atoms with Gasteiger partial charge in [-0.3, -0.25) is 5.10 Å². The van der Waals surface area contributed by atoms with Crippen molar-refractivity contribution in [3.05, 3.63) is 29.9 Å². The number of rotatable bonds is 3. The van der Waals surface area contributed by atoms with Crippen LogP contribution in [0.25, 0.3) is 11.3 Å². The number of aromatic nitrogens is 2. The lowest BCUT2D eigenvalue weighted by atomic mass is 10.1. The van der Waals surface area contributed by atoms with E-state index in [4.69, 9.17) is 4.42 Å². The van der Waals surface area contributed by atoms with Crippen molar-refractivity contribution in [1.29, 1.82) is 0 Å². The van der Waals surface area contributed by atoms with Gasteiger partial charge in [0.05, 0.1) is 19.1 Å². The van der Waals surface area contributed by atoms with Gasteiger partial charge in [-0.05, 0) is 12.5 Å². The number of aryl methyl sites for hydroxylation is 1. The van der Waals surface area contributed by atoms with E-state index >= 15 is 0 Å². The molecule has 0 amide bonds. The Morgan fingerprint density at radius 2 is 2.43 bits per heavy atom. The van der Waals surface area contributed by atoms with E-state index in [1.165, 1.54) is 0 Å². The van der Waals surface area contributed by atoms with Crippen molar-refractivity contribution in [2.24, 2.45) is 0 Å². The molecule has 0 saturated carbocycles. The Bertz CT molecular complexity index is 404. The third kappa shape index (κ3) is 1.33. The van der Waals surface area contributed by atoms with Gasteiger partial charge in [0.25, 0.3) is 0 Å². The first-order chi connectivity index (χ1) is 6.86. The minimum Gasteiger partial charge on any atom is -0.472 e. The van der Waals surface area contributed by atoms with Crippen molar-refractivity contribution in [1.82, 2.24) is 10.2 Å². The van der Waals surface area contributed by atoms with Crippen LogP contribution in [0.5, 0.6) is 0 Å². The SMILES string of the molecule is CCc1[nH]nc(-c2ccoc2)c1CO. The highest BCUT2D eigenvalue weighted by Crippen LogP contribution is 2.24. The van der Waals surface area contributed by atoms with Gasteiger partial charge in [0, 0.05) is 16.8 Å². The predicted molar refractivity (Wildman–Crippen MR) is 51.6 cm³/mol. The number of nitrogens with one attached hydrogen (secondary N) is 1. The van der Waals surface area contributed by atoms with Crippen molar-refractivity contribution in [3.63, 3.8) is 0 Å². The first-order valence-electron chi connectivity index (χ1n) is 4.56. The molecule has 2 rings (SSSR count). The van der Waals surface area contributed by atoms with E-state index in [0.29, 0.717) is 0 Å². The first kappa shape index (κ1) is 9.02. The lowest BCUT2D eigenvalue weighted by Gasteiger charge is -1.97. The summed E-state index contributed by atoms with van der Waals surface area (Å²) in [6, 6.07) is 1.83. The smallest absolute Gasteiger partial charge is 0.101 e. The number of aromatic amines is 1. The average molecular weight is 192 g/mol. The van der Waals surface area contributed by atoms with Crippen LogP contribution in [0.15, 0.2) is 23.0 Å². The van der Waals surface area contributed by atoms with Gasteiger partial charge in [-0.15, -0.1) is 0 Å². The zero-order valence-corrected chi connectivity index (χ0v) is 7.95. The maximum atomic E-state index is 9.23. The van der Waals surface area contributed by atoms with Gasteiger partial charge < -0.3 is 9.52 Å². The van der Waals surface area contributed by atoms with Crippen molar-refractivity contribution in [2.45, 2.75) is 20.0 Å². The third-order valence-corrected chi connectivity index (χ3v) is 2.26. The van der Waals surface area contributed by atoms with Crippen LogP contribution in [0, 0.1) is 0 Å². The molecule has 0 unspecified atom stereocenters. The maximum Gasteiger partial charge on any atom is 0.101 e. The van der Waals surface area contributed by atoms with Crippen LogP contribution >= 0.6 is 0 Å². The summed E-state index contributed by atoms with van der Waals surface area (Å²) in [5.74, 6) is 0. The van der Waals surface area contributed by atoms with E-state index in [0.717, 1.165) is 28.9 Å². The summed E-state index contributed by atoms with van der Waals surface area (Å²) in [4.78, 5) is 0. The molecular formula is C10H12N2O2. The Labute approximate surface area is 81.6 Å². The molecule has 2 heterocycles. The monoisotopic (exact) mass is 192 g/mol. The van der Waals surface area contributed by atoms with Crippen molar-refractivity contribution in [2.75, 3.05) is 0 Å². The Morgan fingerprint density at radius 3 is 3.00 bits per heavy atom. The molecule has 14 heavy (non-hydrogen) atoms. The number of hydrogen-bond acceptors (Lipinski definition) is 3. The molecule has 0 spiro atoms. The molecular weight excluding hydrogens is 180 g/mol. The summed E-state index contributed by atoms with van der Waals surface area (Å²) in [5, 5.41) is 16.3. The fourth-order valence-electron chi connectivity index (χ4n) is 1.50. The number of hydrogen-bond donors (Lipinski definition) is 2. The Kier molecular flexibility index (Phi) is 2.37. The Hall–Kier alpha value is -1.55. The summed E-state index contributed by atoms with van der Waals surface area (Å²) in [7, 11) is 0. The number of aliphatic hydroxyl groups is 1. The van der Waals surface area contributed by atoms with E-state index in [9.17, 15) is 5.11 Å². The Balaban J connectivity index is 2.48. The van der Waals surface area contributed by atoms with E-state index in [1.807, 2.05) is 13.0 Å². The summed E-state index contributed by atoms with van der Waals surface area (Å²) in [6.45, 7) is 2.02. The number of furan rings is 1. The molecule has 4 heteroatoms. The van der Waals surface area contributed by atoms with Crippen LogP contribution in [0.1, 0.15) is 18.2 Å². The molecule has 0 saturated heterocycles. The molecule has 2 aromatic heterocycles. The molecule has 0 atom stereocenters. The minimum absolute atomic E-state index is 0.000185. The van der Waals surface area contributed by atoms with Crippen LogP contribution in [-0.2, 0) is 13.0 Å². The van der Waals surface area contributed by atoms with Crippen molar-refractivity contribution >= 4 is 0 Å². The highest BCUT2D eigenvalue weighted by Gasteiger charge is 2.13. The van der Waals surface area contributed by atoms with Gasteiger partial charge in [0.15, 0.2) is 0 Å². The van der Waals surface area contributed by atoms with E-state index < -0.39 is 0 Å². The summed E-state index contributed by atoms with van der Waals surface area (Å²) in [6.07, 6.45) is 4.05. The fourth-order valence-corrected chi connectivity index (χ4v) is 1.50. The number of H-pyrrole nitrogens is 1. The van der Waals surface area contributed by atoms with E-state index in [-0.39, 0.29) is 6.61 Å². The number of aliphatic hydroxyl groups excluding tert-OH is 1. The van der Waals surface area contributed by atoms with Gasteiger partial charge in [-0.2, -0.15) is 5.10 Å². The number of nitrogens with zero attached hydrogens (tertiary/aromatic N) is 1. The lowest BCUT2D eigenvalue weighted by molar-refractivity contribution is 0.281. The summed E-state index contributed by atoms with van der Waals surface area (Å²) < 4.78 is 4.98. The van der Waals surface area contributed by atoms with Crippen molar-refractivity contribution < 1.29 is 9.52 Å². The fraction of sp³-hybridized carbons (Fsp3) is 0.300. The van der Waals surface area contributed by atoms with Crippen LogP contribution in [0.3, 0.4) is 0 Å². The van der Waals surface area contributed by atoms with Crippen LogP contribution in [0.2, 0.25) is 0 Å². The molecule has 2 aromatic rings. The van der Waals surface area contributed by atoms with Gasteiger partial charge in [0.1, 0.15) is 5.69 Å². The molecule has 0 bridgehead atoms. The zero-order chi connectivity index (χ0) is 9.97. The molecule has 0 radical (unpaired) electrons. The third-order valence-electron chi connectivity index (χ3n) is 2.26. The maximum absolute atomic E-state index is 9.23. The largest absolute Gasteiger partial charge is 0.472 e. The van der Waals surface area contributed by atoms with Crippen molar-refractivity contribution in [3.8, 4) is 11.3 Å². The second-order valence-electron chi connectivity index (χ2n) is 3.05. The molecule has 0 aliphatic carbocycles. The lowest BCUT2D eigenvalue weighted by Crippen LogP contribution is -1.90. The molecule has 0 fully saturated rings. The van der Waals surface area contributed by atoms with E-state index in [1.54, 1.807) is 12.5 Å². The van der Waals surface area contributed by atoms with Gasteiger partial charge >= 0.3 is 0 Å². The van der Waals surface area contributed by atoms with Gasteiger partial charge in [-0.1, -0.05) is 6.92 Å². The molecule has 4 nitrogen and oxygen atoms in total. The quantitative estimate of drug-likeness (QED) is 0.778. The van der Waals surface area contributed by atoms with Crippen LogP contribution < -0.4 is 0 Å². The Morgan fingerprint density at radius 1 is 1.57 bits per heavy atom. The molecule has 74 valence electrons. The standard InChI is InChI=1S/C10H12N2O2/c1-2-9-8(5-13)10(12-11-9)7-3-4-14-6-7/h3-4,6,13H,2,5H2,1H3,(H,11,12).